The molecule has 25 heavy (non-hydrogen) atoms. The molecule has 0 saturated heterocycles. The van der Waals surface area contributed by atoms with Crippen LogP contribution in [0.15, 0.2) is 12.3 Å². The Morgan fingerprint density at radius 2 is 1.92 bits per heavy atom. The molecule has 3 N–H and O–H groups in total. The average molecular weight is 362 g/mol. The number of nitrogens with two attached hydrogens (primary N) is 1. The predicted octanol–water partition coefficient (Wildman–Crippen LogP) is 1.71. The number of aryl methyl sites for hydroxylation is 1. The van der Waals surface area contributed by atoms with Crippen molar-refractivity contribution in [1.29, 1.82) is 0 Å². The number of hydrogen-bond acceptors (Lipinski definition) is 4. The summed E-state index contributed by atoms with van der Waals surface area (Å²) in [4.78, 5) is 23.3. The van der Waals surface area contributed by atoms with Crippen molar-refractivity contribution in [2.75, 3.05) is 5.32 Å². The van der Waals surface area contributed by atoms with Crippen LogP contribution in [0, 0.1) is 0 Å². The normalized spacial score (nSPS) is 11.3. The highest BCUT2D eigenvalue weighted by molar-refractivity contribution is 6.01. The van der Waals surface area contributed by atoms with E-state index in [-0.39, 0.29) is 11.4 Å². The first-order valence-corrected chi connectivity index (χ1v) is 7.04. The Hall–Kier alpha value is -2.92. The molecule has 0 saturated carbocycles. The highest BCUT2D eigenvalue weighted by atomic mass is 19.3. The summed E-state index contributed by atoms with van der Waals surface area (Å²) < 4.78 is 52.8. The maximum Gasteiger partial charge on any atom is 0.282 e. The topological polar surface area (TPSA) is 108 Å². The number of carbonyl (C=O) groups is 2. The van der Waals surface area contributed by atoms with E-state index in [2.05, 4.69) is 15.5 Å². The number of aromatic nitrogens is 4. The molecule has 0 aliphatic carbocycles. The Kier molecular flexibility index (Phi) is 5.39. The van der Waals surface area contributed by atoms with E-state index >= 15 is 0 Å². The molecule has 2 aromatic rings. The van der Waals surface area contributed by atoms with Crippen LogP contribution >= 0.6 is 0 Å². The van der Waals surface area contributed by atoms with Crippen molar-refractivity contribution in [1.82, 2.24) is 19.6 Å². The van der Waals surface area contributed by atoms with Crippen LogP contribution in [-0.4, -0.2) is 31.4 Å². The Labute approximate surface area is 138 Å². The second-order valence-corrected chi connectivity index (χ2v) is 4.91. The Bertz CT molecular complexity index is 786. The van der Waals surface area contributed by atoms with Gasteiger partial charge in [-0.2, -0.15) is 10.2 Å². The molecule has 0 aromatic carbocycles. The first-order valence-electron chi connectivity index (χ1n) is 7.04. The second-order valence-electron chi connectivity index (χ2n) is 4.91. The molecular weight excluding hydrogens is 348 g/mol. The molecule has 12 heteroatoms. The van der Waals surface area contributed by atoms with Gasteiger partial charge in [0, 0.05) is 12.7 Å². The van der Waals surface area contributed by atoms with Crippen molar-refractivity contribution in [3.8, 4) is 0 Å². The van der Waals surface area contributed by atoms with Gasteiger partial charge in [0.1, 0.15) is 17.9 Å². The highest BCUT2D eigenvalue weighted by Crippen LogP contribution is 2.25. The summed E-state index contributed by atoms with van der Waals surface area (Å²) >= 11 is 0. The highest BCUT2D eigenvalue weighted by Gasteiger charge is 2.23. The van der Waals surface area contributed by atoms with Crippen molar-refractivity contribution < 1.29 is 27.2 Å². The van der Waals surface area contributed by atoms with E-state index in [1.54, 1.807) is 6.92 Å². The number of amides is 2. The second kappa shape index (κ2) is 7.32. The van der Waals surface area contributed by atoms with E-state index in [0.717, 1.165) is 0 Å². The van der Waals surface area contributed by atoms with Crippen LogP contribution in [0.25, 0.3) is 0 Å². The molecule has 2 amide bonds. The molecule has 2 heterocycles. The molecular formula is C13H14F4N6O2. The van der Waals surface area contributed by atoms with E-state index < -0.39 is 42.6 Å². The molecule has 136 valence electrons. The SMILES string of the molecule is CCn1cc(NC(=O)Cn2nc(C(F)F)cc2C(F)F)c(C(N)=O)n1. The van der Waals surface area contributed by atoms with Gasteiger partial charge < -0.3 is 11.1 Å². The van der Waals surface area contributed by atoms with E-state index in [0.29, 0.717) is 17.3 Å². The van der Waals surface area contributed by atoms with Crippen LogP contribution in [0.3, 0.4) is 0 Å². The third-order valence-electron chi connectivity index (χ3n) is 3.16. The molecule has 0 aliphatic heterocycles. The van der Waals surface area contributed by atoms with Gasteiger partial charge in [0.05, 0.1) is 5.69 Å². The molecule has 0 atom stereocenters. The quantitative estimate of drug-likeness (QED) is 0.731. The van der Waals surface area contributed by atoms with Gasteiger partial charge in [-0.1, -0.05) is 0 Å². The number of carbonyl (C=O) groups excluding carboxylic acids is 2. The molecule has 2 aromatic heterocycles. The van der Waals surface area contributed by atoms with Gasteiger partial charge in [0.2, 0.25) is 5.91 Å². The fourth-order valence-electron chi connectivity index (χ4n) is 2.04. The van der Waals surface area contributed by atoms with E-state index in [1.165, 1.54) is 10.9 Å². The summed E-state index contributed by atoms with van der Waals surface area (Å²) in [5, 5.41) is 9.44. The Balaban J connectivity index is 2.21. The lowest BCUT2D eigenvalue weighted by Gasteiger charge is -2.07. The first-order chi connectivity index (χ1) is 11.7. The monoisotopic (exact) mass is 362 g/mol. The summed E-state index contributed by atoms with van der Waals surface area (Å²) in [6, 6.07) is 0.534. The minimum atomic E-state index is -3.09. The lowest BCUT2D eigenvalue weighted by atomic mass is 10.3. The van der Waals surface area contributed by atoms with E-state index in [9.17, 15) is 27.2 Å². The molecule has 0 unspecified atom stereocenters. The molecule has 0 bridgehead atoms. The van der Waals surface area contributed by atoms with Crippen molar-refractivity contribution in [3.63, 3.8) is 0 Å². The minimum Gasteiger partial charge on any atom is -0.364 e. The largest absolute Gasteiger partial charge is 0.364 e. The summed E-state index contributed by atoms with van der Waals surface area (Å²) in [6.45, 7) is 1.37. The third kappa shape index (κ3) is 4.14. The lowest BCUT2D eigenvalue weighted by Crippen LogP contribution is -2.23. The summed E-state index contributed by atoms with van der Waals surface area (Å²) in [5.74, 6) is -1.75. The molecule has 0 spiro atoms. The van der Waals surface area contributed by atoms with Gasteiger partial charge in [0.15, 0.2) is 5.69 Å². The molecule has 0 fully saturated rings. The Morgan fingerprint density at radius 3 is 2.44 bits per heavy atom. The fourth-order valence-corrected chi connectivity index (χ4v) is 2.04. The Morgan fingerprint density at radius 1 is 1.24 bits per heavy atom. The van der Waals surface area contributed by atoms with Crippen LogP contribution in [0.5, 0.6) is 0 Å². The number of primary amides is 1. The van der Waals surface area contributed by atoms with Crippen LogP contribution < -0.4 is 11.1 Å². The summed E-state index contributed by atoms with van der Waals surface area (Å²) in [7, 11) is 0. The molecule has 0 radical (unpaired) electrons. The maximum absolute atomic E-state index is 12.9. The standard InChI is InChI=1S/C13H14F4N6O2/c1-2-22-4-7(10(21-22)13(18)25)19-9(24)5-23-8(12(16)17)3-6(20-23)11(14)15/h3-4,11-12H,2,5H2,1H3,(H2,18,25)(H,19,24). The van der Waals surface area contributed by atoms with Gasteiger partial charge in [-0.25, -0.2) is 17.6 Å². The number of alkyl halides is 4. The number of halogens is 4. The van der Waals surface area contributed by atoms with Crippen LogP contribution in [0.2, 0.25) is 0 Å². The van der Waals surface area contributed by atoms with Gasteiger partial charge in [0.25, 0.3) is 18.8 Å². The fraction of sp³-hybridized carbons (Fsp3) is 0.385. The maximum atomic E-state index is 12.9. The number of nitrogens with one attached hydrogen (secondary N) is 1. The van der Waals surface area contributed by atoms with Crippen LogP contribution in [0.4, 0.5) is 23.2 Å². The molecule has 0 aliphatic rings. The lowest BCUT2D eigenvalue weighted by molar-refractivity contribution is -0.117. The van der Waals surface area contributed by atoms with Crippen LogP contribution in [-0.2, 0) is 17.9 Å². The zero-order valence-corrected chi connectivity index (χ0v) is 12.9. The smallest absolute Gasteiger partial charge is 0.282 e. The van der Waals surface area contributed by atoms with Gasteiger partial charge >= 0.3 is 0 Å². The van der Waals surface area contributed by atoms with Gasteiger partial charge in [-0.15, -0.1) is 0 Å². The minimum absolute atomic E-state index is 0.0146. The van der Waals surface area contributed by atoms with E-state index in [1.807, 2.05) is 0 Å². The van der Waals surface area contributed by atoms with Crippen molar-refractivity contribution in [2.45, 2.75) is 32.9 Å². The van der Waals surface area contributed by atoms with Gasteiger partial charge in [-0.3, -0.25) is 19.0 Å². The number of hydrogen-bond donors (Lipinski definition) is 2. The first kappa shape index (κ1) is 18.4. The molecule has 8 nitrogen and oxygen atoms in total. The summed E-state index contributed by atoms with van der Waals surface area (Å²) in [6.07, 6.45) is -4.80. The predicted molar refractivity (Wildman–Crippen MR) is 77.2 cm³/mol. The zero-order valence-electron chi connectivity index (χ0n) is 12.9. The zero-order chi connectivity index (χ0) is 18.7. The molecule has 2 rings (SSSR count). The van der Waals surface area contributed by atoms with Gasteiger partial charge in [-0.05, 0) is 13.0 Å². The van der Waals surface area contributed by atoms with Crippen molar-refractivity contribution in [3.05, 3.63) is 29.3 Å². The number of nitrogens with zero attached hydrogens (tertiary/aromatic N) is 4. The van der Waals surface area contributed by atoms with E-state index in [4.69, 9.17) is 5.73 Å². The third-order valence-corrected chi connectivity index (χ3v) is 3.16. The number of anilines is 1. The van der Waals surface area contributed by atoms with Crippen molar-refractivity contribution >= 4 is 17.5 Å². The number of rotatable bonds is 7. The average Bonchev–Trinajstić information content (AvgIpc) is 3.11. The summed E-state index contributed by atoms with van der Waals surface area (Å²) in [5.41, 5.74) is 3.24. The van der Waals surface area contributed by atoms with Crippen LogP contribution in [0.1, 0.15) is 41.7 Å². The van der Waals surface area contributed by atoms with Crippen molar-refractivity contribution in [2.24, 2.45) is 5.73 Å².